The molecule has 0 saturated carbocycles. The first kappa shape index (κ1) is 24.0. The molecule has 2 saturated heterocycles. The van der Waals surface area contributed by atoms with Crippen molar-refractivity contribution in [2.75, 3.05) is 73.1 Å². The average Bonchev–Trinajstić information content (AvgIpc) is 3.30. The number of ether oxygens (including phenoxy) is 2. The lowest BCUT2D eigenvalue weighted by atomic mass is 9.83. The van der Waals surface area contributed by atoms with Crippen LogP contribution in [-0.2, 0) is 17.6 Å². The Morgan fingerprint density at radius 1 is 0.938 bits per heavy atom. The Balaban J connectivity index is 1.10. The van der Waals surface area contributed by atoms with Gasteiger partial charge >= 0.3 is 0 Å². The van der Waals surface area contributed by atoms with Crippen LogP contribution in [0.5, 0.6) is 5.75 Å². The quantitative estimate of drug-likeness (QED) is 0.486. The number of nitrogens with zero attached hydrogens (tertiary/aromatic N) is 3. The van der Waals surface area contributed by atoms with E-state index in [0.717, 1.165) is 70.3 Å². The van der Waals surface area contributed by atoms with Crippen LogP contribution < -0.4 is 4.74 Å². The van der Waals surface area contributed by atoms with E-state index in [1.54, 1.807) is 5.56 Å². The molecule has 0 bridgehead atoms. The highest BCUT2D eigenvalue weighted by atomic mass is 16.5. The first-order chi connectivity index (χ1) is 15.7. The average molecular weight is 444 g/mol. The van der Waals surface area contributed by atoms with Gasteiger partial charge in [0.25, 0.3) is 0 Å². The predicted molar refractivity (Wildman–Crippen MR) is 132 cm³/mol. The number of aryl methyl sites for hydroxylation is 1. The van der Waals surface area contributed by atoms with Gasteiger partial charge in [0, 0.05) is 32.7 Å². The molecule has 2 aliphatic heterocycles. The van der Waals surface area contributed by atoms with E-state index in [4.69, 9.17) is 9.47 Å². The summed E-state index contributed by atoms with van der Waals surface area (Å²) in [5.74, 6) is 1.91. The Labute approximate surface area is 196 Å². The molecule has 2 heterocycles. The van der Waals surface area contributed by atoms with Crippen LogP contribution in [0.1, 0.15) is 49.7 Å². The van der Waals surface area contributed by atoms with Gasteiger partial charge in [0.15, 0.2) is 0 Å². The van der Waals surface area contributed by atoms with Gasteiger partial charge in [-0.3, -0.25) is 0 Å². The Bertz CT molecular complexity index is 681. The molecule has 4 rings (SSSR count). The summed E-state index contributed by atoms with van der Waals surface area (Å²) in [5.41, 5.74) is 3.08. The normalized spacial score (nSPS) is 23.0. The molecule has 0 aromatic heterocycles. The maximum absolute atomic E-state index is 6.13. The number of likely N-dealkylation sites (tertiary alicyclic amines) is 2. The molecule has 1 aromatic rings. The van der Waals surface area contributed by atoms with Crippen molar-refractivity contribution in [3.8, 4) is 5.75 Å². The lowest BCUT2D eigenvalue weighted by Crippen LogP contribution is -2.38. The van der Waals surface area contributed by atoms with Gasteiger partial charge in [-0.1, -0.05) is 6.07 Å². The van der Waals surface area contributed by atoms with E-state index in [1.807, 2.05) is 0 Å². The second kappa shape index (κ2) is 12.4. The summed E-state index contributed by atoms with van der Waals surface area (Å²) in [6.07, 6.45) is 10.5. The molecule has 0 radical (unpaired) electrons. The highest BCUT2D eigenvalue weighted by molar-refractivity contribution is 5.37. The molecular formula is C27H45N3O2. The number of likely N-dealkylation sites (N-methyl/N-ethyl adjacent to an activating group) is 1. The fourth-order valence-electron chi connectivity index (χ4n) is 5.56. The predicted octanol–water partition coefficient (Wildman–Crippen LogP) is 3.70. The van der Waals surface area contributed by atoms with Crippen molar-refractivity contribution in [1.82, 2.24) is 14.7 Å². The van der Waals surface area contributed by atoms with E-state index in [2.05, 4.69) is 47.0 Å². The first-order valence-corrected chi connectivity index (χ1v) is 13.1. The van der Waals surface area contributed by atoms with Crippen LogP contribution in [0.25, 0.3) is 0 Å². The van der Waals surface area contributed by atoms with E-state index in [-0.39, 0.29) is 0 Å². The number of piperidine rings is 1. The molecular weight excluding hydrogens is 398 g/mol. The number of rotatable bonds is 11. The van der Waals surface area contributed by atoms with Gasteiger partial charge in [-0.15, -0.1) is 0 Å². The molecule has 3 aliphatic rings. The minimum atomic E-state index is 0.452. The Hall–Kier alpha value is -1.14. The minimum absolute atomic E-state index is 0.452. The Kier molecular flexibility index (Phi) is 9.27. The van der Waals surface area contributed by atoms with E-state index < -0.39 is 0 Å². The van der Waals surface area contributed by atoms with Gasteiger partial charge in [-0.2, -0.15) is 0 Å². The third-order valence-electron chi connectivity index (χ3n) is 7.54. The third kappa shape index (κ3) is 7.44. The standard InChI is InChI=1S/C27H45N3O2/c1-28(2)17-19-32-26-10-15-29(16-11-26)14-5-18-31-27-9-8-24-20-23(6-7-25(24)21-27)22-30-12-3-4-13-30/h8-9,21,23,26H,3-7,10-20,22H2,1-2H3. The first-order valence-electron chi connectivity index (χ1n) is 13.1. The summed E-state index contributed by atoms with van der Waals surface area (Å²) in [7, 11) is 4.20. The van der Waals surface area contributed by atoms with Crippen LogP contribution in [0.2, 0.25) is 0 Å². The van der Waals surface area contributed by atoms with Crippen LogP contribution in [0, 0.1) is 5.92 Å². The zero-order valence-corrected chi connectivity index (χ0v) is 20.6. The molecule has 1 aromatic carbocycles. The largest absolute Gasteiger partial charge is 0.494 e. The lowest BCUT2D eigenvalue weighted by molar-refractivity contribution is 0.00167. The topological polar surface area (TPSA) is 28.2 Å². The van der Waals surface area contributed by atoms with Crippen LogP contribution in [0.4, 0.5) is 0 Å². The van der Waals surface area contributed by atoms with E-state index >= 15 is 0 Å². The highest BCUT2D eigenvalue weighted by Crippen LogP contribution is 2.30. The SMILES string of the molecule is CN(C)CCOC1CCN(CCCOc2ccc3c(c2)CCC(CN2CCCC2)C3)CC1. The highest BCUT2D eigenvalue weighted by Gasteiger charge is 2.23. The van der Waals surface area contributed by atoms with Gasteiger partial charge < -0.3 is 24.2 Å². The smallest absolute Gasteiger partial charge is 0.119 e. The van der Waals surface area contributed by atoms with Gasteiger partial charge in [0.05, 0.1) is 19.3 Å². The molecule has 1 atom stereocenters. The molecule has 0 spiro atoms. The zero-order chi connectivity index (χ0) is 22.2. The van der Waals surface area contributed by atoms with Gasteiger partial charge in [0.1, 0.15) is 5.75 Å². The summed E-state index contributed by atoms with van der Waals surface area (Å²) in [6.45, 7) is 10.1. The van der Waals surface area contributed by atoms with E-state index in [1.165, 1.54) is 57.3 Å². The molecule has 5 nitrogen and oxygen atoms in total. The molecule has 0 N–H and O–H groups in total. The van der Waals surface area contributed by atoms with Crippen molar-refractivity contribution in [3.63, 3.8) is 0 Å². The van der Waals surface area contributed by atoms with Crippen molar-refractivity contribution in [2.45, 2.75) is 57.5 Å². The van der Waals surface area contributed by atoms with E-state index in [9.17, 15) is 0 Å². The molecule has 1 aliphatic carbocycles. The molecule has 5 heteroatoms. The second-order valence-corrected chi connectivity index (χ2v) is 10.5. The second-order valence-electron chi connectivity index (χ2n) is 10.5. The minimum Gasteiger partial charge on any atom is -0.494 e. The number of hydrogen-bond donors (Lipinski definition) is 0. The third-order valence-corrected chi connectivity index (χ3v) is 7.54. The van der Waals surface area contributed by atoms with Crippen LogP contribution in [0.15, 0.2) is 18.2 Å². The maximum atomic E-state index is 6.13. The van der Waals surface area contributed by atoms with Crippen molar-refractivity contribution in [1.29, 1.82) is 0 Å². The van der Waals surface area contributed by atoms with Gasteiger partial charge in [0.2, 0.25) is 0 Å². The van der Waals surface area contributed by atoms with Crippen molar-refractivity contribution < 1.29 is 9.47 Å². The summed E-state index contributed by atoms with van der Waals surface area (Å²) in [6, 6.07) is 6.85. The lowest BCUT2D eigenvalue weighted by Gasteiger charge is -2.32. The van der Waals surface area contributed by atoms with Crippen LogP contribution in [-0.4, -0.2) is 93.9 Å². The van der Waals surface area contributed by atoms with Gasteiger partial charge in [-0.25, -0.2) is 0 Å². The zero-order valence-electron chi connectivity index (χ0n) is 20.6. The maximum Gasteiger partial charge on any atom is 0.119 e. The van der Waals surface area contributed by atoms with Crippen molar-refractivity contribution in [3.05, 3.63) is 29.3 Å². The molecule has 2 fully saturated rings. The molecule has 180 valence electrons. The van der Waals surface area contributed by atoms with Crippen LogP contribution >= 0.6 is 0 Å². The fourth-order valence-corrected chi connectivity index (χ4v) is 5.56. The van der Waals surface area contributed by atoms with Gasteiger partial charge in [-0.05, 0) is 108 Å². The molecule has 0 amide bonds. The number of hydrogen-bond acceptors (Lipinski definition) is 5. The van der Waals surface area contributed by atoms with Crippen LogP contribution in [0.3, 0.4) is 0 Å². The summed E-state index contributed by atoms with van der Waals surface area (Å²) in [5, 5.41) is 0. The molecule has 1 unspecified atom stereocenters. The monoisotopic (exact) mass is 443 g/mol. The number of benzene rings is 1. The Morgan fingerprint density at radius 3 is 2.53 bits per heavy atom. The van der Waals surface area contributed by atoms with Crippen molar-refractivity contribution >= 4 is 0 Å². The summed E-state index contributed by atoms with van der Waals surface area (Å²) < 4.78 is 12.1. The fraction of sp³-hybridized carbons (Fsp3) is 0.778. The number of fused-ring (bicyclic) bond motifs is 1. The Morgan fingerprint density at radius 2 is 1.75 bits per heavy atom. The summed E-state index contributed by atoms with van der Waals surface area (Å²) in [4.78, 5) is 7.43. The van der Waals surface area contributed by atoms with E-state index in [0.29, 0.717) is 6.10 Å². The van der Waals surface area contributed by atoms with Crippen molar-refractivity contribution in [2.24, 2.45) is 5.92 Å². The molecule has 32 heavy (non-hydrogen) atoms. The summed E-state index contributed by atoms with van der Waals surface area (Å²) >= 11 is 0.